The summed E-state index contributed by atoms with van der Waals surface area (Å²) in [5.74, 6) is 6.49. The highest BCUT2D eigenvalue weighted by atomic mass is 16.1. The highest BCUT2D eigenvalue weighted by Gasteiger charge is 2.19. The first kappa shape index (κ1) is 20.1. The molecule has 0 spiro atoms. The molecule has 1 aromatic carbocycles. The number of hydrogen-bond donors (Lipinski definition) is 1. The Morgan fingerprint density at radius 1 is 1.34 bits per heavy atom. The van der Waals surface area contributed by atoms with Gasteiger partial charge in [0.15, 0.2) is 0 Å². The lowest BCUT2D eigenvalue weighted by molar-refractivity contribution is 0.640. The Kier molecular flexibility index (Phi) is 5.96. The summed E-state index contributed by atoms with van der Waals surface area (Å²) in [6, 6.07) is 9.27. The summed E-state index contributed by atoms with van der Waals surface area (Å²) >= 11 is 0. The molecule has 0 radical (unpaired) electrons. The molecule has 0 aliphatic heterocycles. The van der Waals surface area contributed by atoms with Crippen molar-refractivity contribution in [2.45, 2.75) is 33.0 Å². The largest absolute Gasteiger partial charge is 0.344 e. The molecule has 3 aromatic rings. The van der Waals surface area contributed by atoms with Crippen molar-refractivity contribution in [1.29, 1.82) is 5.26 Å². The van der Waals surface area contributed by atoms with Gasteiger partial charge in [0, 0.05) is 19.6 Å². The lowest BCUT2D eigenvalue weighted by atomic mass is 10.1. The fraction of sp³-hybridized carbons (Fsp3) is 0.333. The SMILES string of the molecule is CC#CCn1c(N(C)C[C@H](C)N)nc2cnn(Cc3ccccc3C#N)c(=O)c21. The van der Waals surface area contributed by atoms with E-state index in [1.165, 1.54) is 4.68 Å². The van der Waals surface area contributed by atoms with Crippen molar-refractivity contribution >= 4 is 17.0 Å². The zero-order valence-electron chi connectivity index (χ0n) is 16.8. The molecule has 0 unspecified atom stereocenters. The smallest absolute Gasteiger partial charge is 0.293 e. The minimum atomic E-state index is -0.277. The first-order chi connectivity index (χ1) is 14.0. The van der Waals surface area contributed by atoms with E-state index in [0.29, 0.717) is 35.6 Å². The van der Waals surface area contributed by atoms with Crippen molar-refractivity contribution in [3.63, 3.8) is 0 Å². The quantitative estimate of drug-likeness (QED) is 0.638. The van der Waals surface area contributed by atoms with E-state index in [-0.39, 0.29) is 18.1 Å². The van der Waals surface area contributed by atoms with Gasteiger partial charge in [-0.05, 0) is 25.5 Å². The molecular formula is C21H23N7O. The van der Waals surface area contributed by atoms with E-state index in [1.54, 1.807) is 29.8 Å². The van der Waals surface area contributed by atoms with Crippen molar-refractivity contribution < 1.29 is 0 Å². The molecule has 29 heavy (non-hydrogen) atoms. The van der Waals surface area contributed by atoms with Gasteiger partial charge in [-0.3, -0.25) is 9.36 Å². The van der Waals surface area contributed by atoms with Crippen LogP contribution in [0, 0.1) is 23.2 Å². The fourth-order valence-electron chi connectivity index (χ4n) is 3.23. The topological polar surface area (TPSA) is 106 Å². The van der Waals surface area contributed by atoms with Crippen molar-refractivity contribution in [2.24, 2.45) is 5.73 Å². The van der Waals surface area contributed by atoms with Gasteiger partial charge in [-0.2, -0.15) is 10.4 Å². The van der Waals surface area contributed by atoms with Gasteiger partial charge in [0.1, 0.15) is 11.0 Å². The lowest BCUT2D eigenvalue weighted by Crippen LogP contribution is -2.34. The van der Waals surface area contributed by atoms with E-state index in [2.05, 4.69) is 28.0 Å². The van der Waals surface area contributed by atoms with Crippen LogP contribution in [-0.2, 0) is 13.1 Å². The summed E-state index contributed by atoms with van der Waals surface area (Å²) < 4.78 is 3.15. The number of aromatic nitrogens is 4. The minimum Gasteiger partial charge on any atom is -0.344 e. The van der Waals surface area contributed by atoms with Crippen LogP contribution in [0.1, 0.15) is 25.0 Å². The van der Waals surface area contributed by atoms with Crippen LogP contribution in [0.3, 0.4) is 0 Å². The Balaban J connectivity index is 2.14. The molecule has 1 atom stereocenters. The van der Waals surface area contributed by atoms with Crippen molar-refractivity contribution in [2.75, 3.05) is 18.5 Å². The third kappa shape index (κ3) is 4.13. The van der Waals surface area contributed by atoms with Crippen LogP contribution in [0.2, 0.25) is 0 Å². The average molecular weight is 389 g/mol. The Bertz CT molecular complexity index is 1190. The second kappa shape index (κ2) is 8.59. The van der Waals surface area contributed by atoms with E-state index in [4.69, 9.17) is 5.73 Å². The van der Waals surface area contributed by atoms with Gasteiger partial charge in [0.05, 0.1) is 30.9 Å². The van der Waals surface area contributed by atoms with Gasteiger partial charge >= 0.3 is 0 Å². The zero-order chi connectivity index (χ0) is 21.0. The normalized spacial score (nSPS) is 11.6. The van der Waals surface area contributed by atoms with Crippen LogP contribution in [0.5, 0.6) is 0 Å². The second-order valence-electron chi connectivity index (χ2n) is 6.89. The third-order valence-electron chi connectivity index (χ3n) is 4.51. The predicted octanol–water partition coefficient (Wildman–Crippen LogP) is 1.32. The van der Waals surface area contributed by atoms with E-state index in [1.807, 2.05) is 31.0 Å². The number of fused-ring (bicyclic) bond motifs is 1. The highest BCUT2D eigenvalue weighted by molar-refractivity contribution is 5.77. The molecule has 0 saturated heterocycles. The van der Waals surface area contributed by atoms with Gasteiger partial charge in [-0.15, -0.1) is 5.92 Å². The van der Waals surface area contributed by atoms with Crippen LogP contribution in [0.25, 0.3) is 11.0 Å². The molecular weight excluding hydrogens is 366 g/mol. The van der Waals surface area contributed by atoms with Crippen LogP contribution >= 0.6 is 0 Å². The van der Waals surface area contributed by atoms with Crippen molar-refractivity contribution in [3.8, 4) is 17.9 Å². The molecule has 8 nitrogen and oxygen atoms in total. The van der Waals surface area contributed by atoms with Crippen molar-refractivity contribution in [1.82, 2.24) is 19.3 Å². The molecule has 8 heteroatoms. The third-order valence-corrected chi connectivity index (χ3v) is 4.51. The number of nitrogens with zero attached hydrogens (tertiary/aromatic N) is 6. The molecule has 2 N–H and O–H groups in total. The Hall–Kier alpha value is -3.62. The van der Waals surface area contributed by atoms with Crippen LogP contribution in [0.4, 0.5) is 5.95 Å². The van der Waals surface area contributed by atoms with Gasteiger partial charge in [-0.25, -0.2) is 9.67 Å². The summed E-state index contributed by atoms with van der Waals surface area (Å²) in [7, 11) is 1.88. The zero-order valence-corrected chi connectivity index (χ0v) is 16.8. The standard InChI is InChI=1S/C21H23N7O/c1-4-5-10-27-19-18(25-21(27)26(3)13-15(2)23)12-24-28(20(19)29)14-17-9-7-6-8-16(17)11-22/h6-9,12,15H,10,13-14,23H2,1-3H3/t15-/m0/s1. The summed E-state index contributed by atoms with van der Waals surface area (Å²) in [4.78, 5) is 19.8. The maximum Gasteiger partial charge on any atom is 0.293 e. The number of likely N-dealkylation sites (N-methyl/N-ethyl adjacent to an activating group) is 1. The Morgan fingerprint density at radius 2 is 2.10 bits per heavy atom. The van der Waals surface area contributed by atoms with E-state index in [0.717, 1.165) is 5.56 Å². The molecule has 2 heterocycles. The summed E-state index contributed by atoms with van der Waals surface area (Å²) in [6.45, 7) is 4.79. The van der Waals surface area contributed by atoms with Gasteiger partial charge in [0.25, 0.3) is 5.56 Å². The van der Waals surface area contributed by atoms with Gasteiger partial charge in [0.2, 0.25) is 5.95 Å². The fourth-order valence-corrected chi connectivity index (χ4v) is 3.23. The number of anilines is 1. The number of nitrogens with two attached hydrogens (primary N) is 1. The first-order valence-corrected chi connectivity index (χ1v) is 9.27. The number of hydrogen-bond acceptors (Lipinski definition) is 6. The average Bonchev–Trinajstić information content (AvgIpc) is 3.08. The van der Waals surface area contributed by atoms with Crippen molar-refractivity contribution in [3.05, 3.63) is 51.9 Å². The number of nitriles is 1. The van der Waals surface area contributed by atoms with E-state index in [9.17, 15) is 10.1 Å². The molecule has 0 saturated carbocycles. The minimum absolute atomic E-state index is 0.0530. The maximum absolute atomic E-state index is 13.2. The maximum atomic E-state index is 13.2. The molecule has 0 aliphatic rings. The molecule has 2 aromatic heterocycles. The van der Waals surface area contributed by atoms with Gasteiger partial charge in [-0.1, -0.05) is 24.1 Å². The Labute approximate surface area is 169 Å². The molecule has 0 fully saturated rings. The monoisotopic (exact) mass is 389 g/mol. The molecule has 0 bridgehead atoms. The first-order valence-electron chi connectivity index (χ1n) is 9.27. The number of benzene rings is 1. The lowest BCUT2D eigenvalue weighted by Gasteiger charge is -2.20. The van der Waals surface area contributed by atoms with Crippen LogP contribution < -0.4 is 16.2 Å². The van der Waals surface area contributed by atoms with Gasteiger partial charge < -0.3 is 10.6 Å². The molecule has 148 valence electrons. The second-order valence-corrected chi connectivity index (χ2v) is 6.89. The Morgan fingerprint density at radius 3 is 2.79 bits per heavy atom. The number of imidazole rings is 1. The summed E-state index contributed by atoms with van der Waals surface area (Å²) in [6.07, 6.45) is 1.57. The van der Waals surface area contributed by atoms with E-state index >= 15 is 0 Å². The van der Waals surface area contributed by atoms with Crippen LogP contribution in [-0.4, -0.2) is 39.0 Å². The van der Waals surface area contributed by atoms with Crippen LogP contribution in [0.15, 0.2) is 35.3 Å². The molecule has 3 rings (SSSR count). The summed E-state index contributed by atoms with van der Waals surface area (Å²) in [5.41, 5.74) is 7.84. The van der Waals surface area contributed by atoms with E-state index < -0.39 is 0 Å². The highest BCUT2D eigenvalue weighted by Crippen LogP contribution is 2.19. The molecule has 0 aliphatic carbocycles. The molecule has 0 amide bonds. The summed E-state index contributed by atoms with van der Waals surface area (Å²) in [5, 5.41) is 13.6. The number of rotatable bonds is 6. The predicted molar refractivity (Wildman–Crippen MR) is 112 cm³/mol.